The number of hydrogen-bond acceptors (Lipinski definition) is 2. The average Bonchev–Trinajstić information content (AvgIpc) is 2.43. The molecular formula is C16H14Cl2O3. The van der Waals surface area contributed by atoms with Crippen LogP contribution in [0, 0.1) is 0 Å². The van der Waals surface area contributed by atoms with Crippen LogP contribution < -0.4 is 0 Å². The molecule has 1 unspecified atom stereocenters. The first kappa shape index (κ1) is 15.8. The fraction of sp³-hybridized carbons (Fsp3) is 0.188. The third-order valence-electron chi connectivity index (χ3n) is 2.91. The molecule has 2 aromatic rings. The van der Waals surface area contributed by atoms with Crippen LogP contribution in [-0.2, 0) is 22.6 Å². The van der Waals surface area contributed by atoms with E-state index in [0.29, 0.717) is 10.0 Å². The zero-order valence-electron chi connectivity index (χ0n) is 11.1. The minimum Gasteiger partial charge on any atom is -0.479 e. The van der Waals surface area contributed by atoms with Gasteiger partial charge in [0, 0.05) is 16.5 Å². The van der Waals surface area contributed by atoms with E-state index in [0.717, 1.165) is 11.1 Å². The fourth-order valence-corrected chi connectivity index (χ4v) is 2.50. The van der Waals surface area contributed by atoms with Gasteiger partial charge in [0.2, 0.25) is 0 Å². The molecule has 0 spiro atoms. The Morgan fingerprint density at radius 2 is 1.67 bits per heavy atom. The number of aliphatic carboxylic acids is 1. The van der Waals surface area contributed by atoms with E-state index < -0.39 is 12.1 Å². The molecule has 3 nitrogen and oxygen atoms in total. The Bertz CT molecular complexity index is 594. The molecule has 21 heavy (non-hydrogen) atoms. The van der Waals surface area contributed by atoms with Gasteiger partial charge in [0.25, 0.3) is 0 Å². The van der Waals surface area contributed by atoms with Crippen LogP contribution in [0.2, 0.25) is 10.0 Å². The molecular weight excluding hydrogens is 311 g/mol. The molecule has 110 valence electrons. The van der Waals surface area contributed by atoms with Crippen molar-refractivity contribution in [3.05, 3.63) is 69.7 Å². The van der Waals surface area contributed by atoms with Crippen molar-refractivity contribution in [3.8, 4) is 0 Å². The molecule has 0 fully saturated rings. The molecule has 0 heterocycles. The molecule has 0 aromatic heterocycles. The van der Waals surface area contributed by atoms with Gasteiger partial charge in [0.1, 0.15) is 0 Å². The molecule has 0 bridgehead atoms. The van der Waals surface area contributed by atoms with Gasteiger partial charge in [-0.1, -0.05) is 53.5 Å². The van der Waals surface area contributed by atoms with Crippen LogP contribution in [0.4, 0.5) is 0 Å². The van der Waals surface area contributed by atoms with Crippen LogP contribution in [0.15, 0.2) is 48.5 Å². The van der Waals surface area contributed by atoms with Gasteiger partial charge in [-0.05, 0) is 29.3 Å². The van der Waals surface area contributed by atoms with Crippen LogP contribution in [0.5, 0.6) is 0 Å². The van der Waals surface area contributed by atoms with E-state index in [9.17, 15) is 9.90 Å². The fourth-order valence-electron chi connectivity index (χ4n) is 1.93. The van der Waals surface area contributed by atoms with E-state index in [1.165, 1.54) is 0 Å². The van der Waals surface area contributed by atoms with Crippen LogP contribution >= 0.6 is 23.2 Å². The first-order chi connectivity index (χ1) is 10.0. The van der Waals surface area contributed by atoms with Crippen molar-refractivity contribution in [1.29, 1.82) is 0 Å². The summed E-state index contributed by atoms with van der Waals surface area (Å²) in [6.07, 6.45) is -0.734. The highest BCUT2D eigenvalue weighted by molar-refractivity contribution is 6.34. The number of ether oxygens (including phenoxy) is 1. The van der Waals surface area contributed by atoms with Gasteiger partial charge < -0.3 is 9.84 Å². The summed E-state index contributed by atoms with van der Waals surface area (Å²) in [4.78, 5) is 11.3. The van der Waals surface area contributed by atoms with Crippen molar-refractivity contribution >= 4 is 29.2 Å². The van der Waals surface area contributed by atoms with Gasteiger partial charge in [-0.2, -0.15) is 0 Å². The van der Waals surface area contributed by atoms with Crippen molar-refractivity contribution in [2.45, 2.75) is 19.1 Å². The topological polar surface area (TPSA) is 46.5 Å². The summed E-state index contributed by atoms with van der Waals surface area (Å²) < 4.78 is 5.49. The van der Waals surface area contributed by atoms with Crippen molar-refractivity contribution in [2.24, 2.45) is 0 Å². The second-order valence-electron chi connectivity index (χ2n) is 4.61. The molecule has 2 aromatic carbocycles. The second kappa shape index (κ2) is 7.46. The van der Waals surface area contributed by atoms with E-state index >= 15 is 0 Å². The molecule has 0 radical (unpaired) electrons. The highest BCUT2D eigenvalue weighted by Crippen LogP contribution is 2.21. The maximum atomic E-state index is 11.3. The lowest BCUT2D eigenvalue weighted by atomic mass is 10.1. The van der Waals surface area contributed by atoms with Crippen molar-refractivity contribution < 1.29 is 14.6 Å². The highest BCUT2D eigenvalue weighted by Gasteiger charge is 2.19. The minimum atomic E-state index is -1.01. The largest absolute Gasteiger partial charge is 0.479 e. The third kappa shape index (κ3) is 5.05. The lowest BCUT2D eigenvalue weighted by Crippen LogP contribution is -2.26. The van der Waals surface area contributed by atoms with Gasteiger partial charge in [0.15, 0.2) is 6.10 Å². The number of benzene rings is 2. The molecule has 0 aliphatic carbocycles. The summed E-state index contributed by atoms with van der Waals surface area (Å²) in [6, 6.07) is 14.4. The van der Waals surface area contributed by atoms with Gasteiger partial charge in [0.05, 0.1) is 6.61 Å². The van der Waals surface area contributed by atoms with Gasteiger partial charge >= 0.3 is 5.97 Å². The number of carbonyl (C=O) groups is 1. The van der Waals surface area contributed by atoms with Gasteiger partial charge in [-0.3, -0.25) is 0 Å². The summed E-state index contributed by atoms with van der Waals surface area (Å²) in [5, 5.41) is 10.2. The lowest BCUT2D eigenvalue weighted by molar-refractivity contribution is -0.151. The minimum absolute atomic E-state index is 0.211. The Morgan fingerprint density at radius 3 is 2.24 bits per heavy atom. The van der Waals surface area contributed by atoms with Gasteiger partial charge in [-0.25, -0.2) is 4.79 Å². The summed E-state index contributed by atoms with van der Waals surface area (Å²) in [6.45, 7) is 0.242. The van der Waals surface area contributed by atoms with E-state index in [2.05, 4.69) is 0 Å². The monoisotopic (exact) mass is 324 g/mol. The Morgan fingerprint density at radius 1 is 1.05 bits per heavy atom. The number of carboxylic acids is 1. The third-order valence-corrected chi connectivity index (χ3v) is 3.35. The van der Waals surface area contributed by atoms with Crippen molar-refractivity contribution in [2.75, 3.05) is 0 Å². The average molecular weight is 325 g/mol. The van der Waals surface area contributed by atoms with Crippen molar-refractivity contribution in [3.63, 3.8) is 0 Å². The molecule has 1 atom stereocenters. The summed E-state index contributed by atoms with van der Waals surface area (Å²) in [7, 11) is 0. The number of halogens is 2. The first-order valence-corrected chi connectivity index (χ1v) is 7.13. The number of rotatable bonds is 6. The van der Waals surface area contributed by atoms with E-state index in [-0.39, 0.29) is 13.0 Å². The summed E-state index contributed by atoms with van der Waals surface area (Å²) in [5.74, 6) is -1.01. The Labute approximate surface area is 133 Å². The van der Waals surface area contributed by atoms with Crippen LogP contribution in [0.25, 0.3) is 0 Å². The van der Waals surface area contributed by atoms with Crippen LogP contribution in [0.3, 0.4) is 0 Å². The van der Waals surface area contributed by atoms with E-state index in [1.54, 1.807) is 18.2 Å². The molecule has 0 saturated carbocycles. The predicted molar refractivity (Wildman–Crippen MR) is 82.8 cm³/mol. The normalized spacial score (nSPS) is 12.1. The maximum absolute atomic E-state index is 11.3. The Kier molecular flexibility index (Phi) is 5.62. The van der Waals surface area contributed by atoms with Crippen LogP contribution in [0.1, 0.15) is 11.1 Å². The standard InChI is InChI=1S/C16H14Cl2O3/c17-13-6-12(7-14(18)9-13)8-15(16(19)20)21-10-11-4-2-1-3-5-11/h1-7,9,15H,8,10H2,(H,19,20). The maximum Gasteiger partial charge on any atom is 0.333 e. The molecule has 0 aliphatic heterocycles. The van der Waals surface area contributed by atoms with E-state index in [1.807, 2.05) is 30.3 Å². The predicted octanol–water partition coefficient (Wildman–Crippen LogP) is 4.21. The van der Waals surface area contributed by atoms with Gasteiger partial charge in [-0.15, -0.1) is 0 Å². The molecule has 0 saturated heterocycles. The number of carboxylic acid groups (broad SMARTS) is 1. The molecule has 0 amide bonds. The zero-order valence-corrected chi connectivity index (χ0v) is 12.6. The summed E-state index contributed by atoms with van der Waals surface area (Å²) >= 11 is 11.8. The van der Waals surface area contributed by atoms with Crippen molar-refractivity contribution in [1.82, 2.24) is 0 Å². The highest BCUT2D eigenvalue weighted by atomic mass is 35.5. The Balaban J connectivity index is 2.03. The van der Waals surface area contributed by atoms with Crippen LogP contribution in [-0.4, -0.2) is 17.2 Å². The molecule has 2 rings (SSSR count). The SMILES string of the molecule is O=C(O)C(Cc1cc(Cl)cc(Cl)c1)OCc1ccccc1. The second-order valence-corrected chi connectivity index (χ2v) is 5.48. The quantitative estimate of drug-likeness (QED) is 0.865. The molecule has 0 aliphatic rings. The molecule has 5 heteroatoms. The lowest BCUT2D eigenvalue weighted by Gasteiger charge is -2.14. The van der Waals surface area contributed by atoms with E-state index in [4.69, 9.17) is 27.9 Å². The number of hydrogen-bond donors (Lipinski definition) is 1. The smallest absolute Gasteiger partial charge is 0.333 e. The molecule has 1 N–H and O–H groups in total. The zero-order chi connectivity index (χ0) is 15.2. The first-order valence-electron chi connectivity index (χ1n) is 6.38. The summed E-state index contributed by atoms with van der Waals surface area (Å²) in [5.41, 5.74) is 1.65. The Hall–Kier alpha value is -1.55.